The molecule has 3 nitrogen and oxygen atoms in total. The fourth-order valence-corrected chi connectivity index (χ4v) is 3.38. The van der Waals surface area contributed by atoms with Crippen molar-refractivity contribution in [1.82, 2.24) is 4.90 Å². The van der Waals surface area contributed by atoms with Gasteiger partial charge in [0.1, 0.15) is 5.54 Å². The van der Waals surface area contributed by atoms with Gasteiger partial charge in [-0.3, -0.25) is 4.79 Å². The summed E-state index contributed by atoms with van der Waals surface area (Å²) in [5.74, 6) is 2.46. The van der Waals surface area contributed by atoms with Crippen molar-refractivity contribution in [3.63, 3.8) is 0 Å². The highest BCUT2D eigenvalue weighted by molar-refractivity contribution is 5.78. The van der Waals surface area contributed by atoms with Gasteiger partial charge in [-0.15, -0.1) is 0 Å². The molecular formula is C15H22N2O. The highest BCUT2D eigenvalue weighted by Crippen LogP contribution is 2.51. The minimum atomic E-state index is -0.464. The Balaban J connectivity index is 1.61. The second-order valence-electron chi connectivity index (χ2n) is 6.49. The Morgan fingerprint density at radius 3 is 2.22 bits per heavy atom. The minimum absolute atomic E-state index is 0.208. The molecule has 0 N–H and O–H groups in total. The van der Waals surface area contributed by atoms with E-state index in [-0.39, 0.29) is 5.91 Å². The van der Waals surface area contributed by atoms with Crippen molar-refractivity contribution >= 4 is 5.91 Å². The molecule has 0 spiro atoms. The molecule has 0 aromatic rings. The lowest BCUT2D eigenvalue weighted by Crippen LogP contribution is -2.53. The van der Waals surface area contributed by atoms with Gasteiger partial charge in [0.2, 0.25) is 5.91 Å². The SMILES string of the molecule is CN(C(=O)CC(C1CC1)C1CC1)C1(C#N)CCC1. The average Bonchev–Trinajstić information content (AvgIpc) is 3.15. The first-order valence-electron chi connectivity index (χ1n) is 7.34. The molecule has 0 atom stereocenters. The molecule has 0 heterocycles. The minimum Gasteiger partial charge on any atom is -0.327 e. The third-order valence-corrected chi connectivity index (χ3v) is 5.27. The van der Waals surface area contributed by atoms with Crippen LogP contribution in [0.4, 0.5) is 0 Å². The molecule has 0 radical (unpaired) electrons. The fourth-order valence-electron chi connectivity index (χ4n) is 3.38. The number of nitrogens with zero attached hydrogens (tertiary/aromatic N) is 2. The second-order valence-corrected chi connectivity index (χ2v) is 6.49. The van der Waals surface area contributed by atoms with E-state index in [1.807, 2.05) is 7.05 Å². The first-order valence-corrected chi connectivity index (χ1v) is 7.34. The van der Waals surface area contributed by atoms with Crippen molar-refractivity contribution in [2.75, 3.05) is 7.05 Å². The quantitative estimate of drug-likeness (QED) is 0.748. The van der Waals surface area contributed by atoms with Gasteiger partial charge in [-0.1, -0.05) is 0 Å². The van der Waals surface area contributed by atoms with Crippen LogP contribution in [-0.4, -0.2) is 23.4 Å². The van der Waals surface area contributed by atoms with Crippen LogP contribution in [0.15, 0.2) is 0 Å². The second kappa shape index (κ2) is 4.26. The third kappa shape index (κ3) is 2.02. The van der Waals surface area contributed by atoms with Crippen LogP contribution in [0.2, 0.25) is 0 Å². The molecule has 3 rings (SSSR count). The molecule has 3 saturated carbocycles. The summed E-state index contributed by atoms with van der Waals surface area (Å²) in [6, 6.07) is 2.36. The standard InChI is InChI=1S/C15H22N2O/c1-17(15(10-16)7-2-8-15)14(18)9-13(11-3-4-11)12-5-6-12/h11-13H,2-9H2,1H3. The predicted octanol–water partition coefficient (Wildman–Crippen LogP) is 2.72. The van der Waals surface area contributed by atoms with Crippen LogP contribution in [0, 0.1) is 29.1 Å². The van der Waals surface area contributed by atoms with Gasteiger partial charge in [-0.2, -0.15) is 5.26 Å². The van der Waals surface area contributed by atoms with Gasteiger partial charge in [-0.05, 0) is 62.7 Å². The molecule has 3 fully saturated rings. The van der Waals surface area contributed by atoms with Gasteiger partial charge in [0.25, 0.3) is 0 Å². The predicted molar refractivity (Wildman–Crippen MR) is 68.5 cm³/mol. The van der Waals surface area contributed by atoms with E-state index in [2.05, 4.69) is 6.07 Å². The van der Waals surface area contributed by atoms with E-state index in [0.717, 1.165) is 31.1 Å². The lowest BCUT2D eigenvalue weighted by atomic mass is 9.76. The maximum atomic E-state index is 12.4. The Labute approximate surface area is 109 Å². The molecule has 3 aliphatic carbocycles. The molecule has 3 heteroatoms. The number of nitriles is 1. The molecule has 0 aliphatic heterocycles. The molecule has 0 aromatic carbocycles. The highest BCUT2D eigenvalue weighted by atomic mass is 16.2. The summed E-state index contributed by atoms with van der Waals surface area (Å²) < 4.78 is 0. The normalized spacial score (nSPS) is 25.4. The molecular weight excluding hydrogens is 224 g/mol. The van der Waals surface area contributed by atoms with Gasteiger partial charge in [0.15, 0.2) is 0 Å². The van der Waals surface area contributed by atoms with Gasteiger partial charge in [0, 0.05) is 13.5 Å². The van der Waals surface area contributed by atoms with Crippen molar-refractivity contribution < 1.29 is 4.79 Å². The summed E-state index contributed by atoms with van der Waals surface area (Å²) in [4.78, 5) is 14.1. The van der Waals surface area contributed by atoms with Crippen LogP contribution in [0.5, 0.6) is 0 Å². The van der Waals surface area contributed by atoms with Crippen LogP contribution in [-0.2, 0) is 4.79 Å². The van der Waals surface area contributed by atoms with Crippen molar-refractivity contribution in [3.05, 3.63) is 0 Å². The molecule has 0 aromatic heterocycles. The summed E-state index contributed by atoms with van der Waals surface area (Å²) in [5, 5.41) is 9.29. The lowest BCUT2D eigenvalue weighted by molar-refractivity contribution is -0.137. The van der Waals surface area contributed by atoms with E-state index in [4.69, 9.17) is 0 Å². The molecule has 0 unspecified atom stereocenters. The zero-order valence-corrected chi connectivity index (χ0v) is 11.2. The number of carbonyl (C=O) groups excluding carboxylic acids is 1. The zero-order valence-electron chi connectivity index (χ0n) is 11.2. The van der Waals surface area contributed by atoms with E-state index in [1.165, 1.54) is 25.7 Å². The number of carbonyl (C=O) groups is 1. The van der Waals surface area contributed by atoms with E-state index in [0.29, 0.717) is 12.3 Å². The maximum Gasteiger partial charge on any atom is 0.223 e. The van der Waals surface area contributed by atoms with Crippen LogP contribution in [0.3, 0.4) is 0 Å². The summed E-state index contributed by atoms with van der Waals surface area (Å²) in [6.45, 7) is 0. The number of rotatable bonds is 5. The molecule has 98 valence electrons. The van der Waals surface area contributed by atoms with Crippen LogP contribution in [0.25, 0.3) is 0 Å². The highest BCUT2D eigenvalue weighted by Gasteiger charge is 2.46. The van der Waals surface area contributed by atoms with Crippen LogP contribution < -0.4 is 0 Å². The third-order valence-electron chi connectivity index (χ3n) is 5.27. The smallest absolute Gasteiger partial charge is 0.223 e. The van der Waals surface area contributed by atoms with E-state index < -0.39 is 5.54 Å². The Kier molecular flexibility index (Phi) is 2.84. The Morgan fingerprint density at radius 2 is 1.89 bits per heavy atom. The monoisotopic (exact) mass is 246 g/mol. The van der Waals surface area contributed by atoms with Crippen molar-refractivity contribution in [2.45, 2.75) is 56.9 Å². The zero-order chi connectivity index (χ0) is 12.8. The molecule has 0 saturated heterocycles. The van der Waals surface area contributed by atoms with Gasteiger partial charge < -0.3 is 4.90 Å². The first-order chi connectivity index (χ1) is 8.66. The lowest BCUT2D eigenvalue weighted by Gasteiger charge is -2.43. The average molecular weight is 246 g/mol. The Hall–Kier alpha value is -1.04. The molecule has 1 amide bonds. The Bertz CT molecular complexity index is 374. The van der Waals surface area contributed by atoms with E-state index >= 15 is 0 Å². The summed E-state index contributed by atoms with van der Waals surface area (Å²) in [6.07, 6.45) is 8.79. The largest absolute Gasteiger partial charge is 0.327 e. The molecule has 0 bridgehead atoms. The van der Waals surface area contributed by atoms with Crippen molar-refractivity contribution in [2.24, 2.45) is 17.8 Å². The van der Waals surface area contributed by atoms with Crippen LogP contribution in [0.1, 0.15) is 51.4 Å². The van der Waals surface area contributed by atoms with Crippen LogP contribution >= 0.6 is 0 Å². The molecule has 3 aliphatic rings. The maximum absolute atomic E-state index is 12.4. The first kappa shape index (κ1) is 12.0. The number of hydrogen-bond acceptors (Lipinski definition) is 2. The number of hydrogen-bond donors (Lipinski definition) is 0. The van der Waals surface area contributed by atoms with Crippen molar-refractivity contribution in [3.8, 4) is 6.07 Å². The van der Waals surface area contributed by atoms with Gasteiger partial charge in [0.05, 0.1) is 6.07 Å². The van der Waals surface area contributed by atoms with E-state index in [9.17, 15) is 10.1 Å². The summed E-state index contributed by atoms with van der Waals surface area (Å²) in [5.41, 5.74) is -0.464. The molecule has 18 heavy (non-hydrogen) atoms. The summed E-state index contributed by atoms with van der Waals surface area (Å²) >= 11 is 0. The van der Waals surface area contributed by atoms with Crippen molar-refractivity contribution in [1.29, 1.82) is 5.26 Å². The van der Waals surface area contributed by atoms with Gasteiger partial charge in [-0.25, -0.2) is 0 Å². The Morgan fingerprint density at radius 1 is 1.33 bits per heavy atom. The number of amides is 1. The van der Waals surface area contributed by atoms with E-state index in [1.54, 1.807) is 4.90 Å². The fraction of sp³-hybridized carbons (Fsp3) is 0.867. The van der Waals surface area contributed by atoms with Gasteiger partial charge >= 0.3 is 0 Å². The topological polar surface area (TPSA) is 44.1 Å². The summed E-state index contributed by atoms with van der Waals surface area (Å²) in [7, 11) is 1.83.